The van der Waals surface area contributed by atoms with Gasteiger partial charge in [0.15, 0.2) is 0 Å². The molecule has 0 atom stereocenters. The maximum Gasteiger partial charge on any atom is 0.303 e. The van der Waals surface area contributed by atoms with Gasteiger partial charge in [-0.15, -0.1) is 0 Å². The highest BCUT2D eigenvalue weighted by Crippen LogP contribution is 2.10. The number of carbonyl (C=O) groups is 11. The summed E-state index contributed by atoms with van der Waals surface area (Å²) in [5, 5.41) is 39.0. The molecule has 77 heavy (non-hydrogen) atoms. The number of unbranched alkanes of at least 4 members (excludes halogenated alkanes) is 10. The first-order valence-corrected chi connectivity index (χ1v) is 28.9. The predicted octanol–water partition coefficient (Wildman–Crippen LogP) is 3.04. The molecule has 4 amide bonds. The van der Waals surface area contributed by atoms with Crippen LogP contribution in [0.2, 0.25) is 0 Å². The second-order valence-corrected chi connectivity index (χ2v) is 19.3. The lowest BCUT2D eigenvalue weighted by atomic mass is 10.0. The second kappa shape index (κ2) is 61.7. The first-order valence-electron chi connectivity index (χ1n) is 28.9. The van der Waals surface area contributed by atoms with E-state index in [9.17, 15) is 63.0 Å². The summed E-state index contributed by atoms with van der Waals surface area (Å²) in [5.41, 5.74) is 12.5. The third-order valence-electron chi connectivity index (χ3n) is 11.6. The predicted molar refractivity (Wildman–Crippen MR) is 294 cm³/mol. The molecule has 0 aromatic carbocycles. The van der Waals surface area contributed by atoms with Crippen LogP contribution in [-0.4, -0.2) is 116 Å². The Labute approximate surface area is 462 Å². The smallest absolute Gasteiger partial charge is 0.303 e. The van der Waals surface area contributed by atoms with E-state index in [1.165, 1.54) is 6.42 Å². The molecule has 21 nitrogen and oxygen atoms in total. The van der Waals surface area contributed by atoms with Crippen LogP contribution in [0.4, 0.5) is 0 Å². The van der Waals surface area contributed by atoms with E-state index in [1.807, 2.05) is 0 Å². The topological polar surface area (TPSA) is 384 Å². The molecule has 1 rings (SSSR count). The Morgan fingerprint density at radius 1 is 0.494 bits per heavy atom. The summed E-state index contributed by atoms with van der Waals surface area (Å²) in [7, 11) is 0. The SMILES string of the molecule is CCCCNC(=O)CCCCC(=O)CCCNC(=O)CCCCC(=O)CCCCCCC(C)=O.NCCCCCC(=O)O.O=C([O-])CCCCC(=O)[O-].O=C1CCCCCN1.[2HH].[NH3+]CCCC(=O)CCCCC(=O)NCC[NH3+]. The van der Waals surface area contributed by atoms with Crippen LogP contribution in [-0.2, 0) is 52.7 Å². The average molecular weight is 1100 g/mol. The quantitative estimate of drug-likeness (QED) is 0.0407. The highest BCUT2D eigenvalue weighted by molar-refractivity contribution is 5.80. The Morgan fingerprint density at radius 3 is 1.31 bits per heavy atom. The van der Waals surface area contributed by atoms with Gasteiger partial charge < -0.3 is 68.2 Å². The van der Waals surface area contributed by atoms with Crippen LogP contribution in [0.5, 0.6) is 0 Å². The summed E-state index contributed by atoms with van der Waals surface area (Å²) in [6.45, 7) is 8.64. The van der Waals surface area contributed by atoms with Crippen LogP contribution in [0.25, 0.3) is 0 Å². The van der Waals surface area contributed by atoms with E-state index in [1.54, 1.807) is 6.92 Å². The van der Waals surface area contributed by atoms with Crippen LogP contribution < -0.4 is 48.7 Å². The lowest BCUT2D eigenvalue weighted by Gasteiger charge is -2.06. The van der Waals surface area contributed by atoms with Gasteiger partial charge in [-0.25, -0.2) is 0 Å². The number of aliphatic carboxylic acids is 3. The van der Waals surface area contributed by atoms with Gasteiger partial charge in [0.25, 0.3) is 0 Å². The minimum absolute atomic E-state index is 0. The summed E-state index contributed by atoms with van der Waals surface area (Å²) < 4.78 is 0. The Balaban J connectivity index is -0.000000330. The minimum atomic E-state index is -1.14. The van der Waals surface area contributed by atoms with Crippen molar-refractivity contribution in [1.82, 2.24) is 21.3 Å². The van der Waals surface area contributed by atoms with Gasteiger partial charge in [-0.1, -0.05) is 39.0 Å². The lowest BCUT2D eigenvalue weighted by Crippen LogP contribution is -2.54. The van der Waals surface area contributed by atoms with Gasteiger partial charge in [0.05, 0.1) is 19.6 Å². The highest BCUT2D eigenvalue weighted by atomic mass is 16.4. The van der Waals surface area contributed by atoms with Crippen LogP contribution in [0.1, 0.15) is 246 Å². The molecule has 0 saturated carbocycles. The lowest BCUT2D eigenvalue weighted by molar-refractivity contribution is -0.368. The van der Waals surface area contributed by atoms with Crippen molar-refractivity contribution >= 4 is 64.7 Å². The summed E-state index contributed by atoms with van der Waals surface area (Å²) in [6.07, 6.45) is 24.7. The van der Waals surface area contributed by atoms with E-state index in [-0.39, 0.29) is 61.7 Å². The molecule has 1 fully saturated rings. The molecule has 0 radical (unpaired) electrons. The average Bonchev–Trinajstić information content (AvgIpc) is 3.64. The van der Waals surface area contributed by atoms with E-state index >= 15 is 0 Å². The van der Waals surface area contributed by atoms with Gasteiger partial charge >= 0.3 is 5.97 Å². The molecule has 0 aliphatic carbocycles. The normalized spacial score (nSPS) is 11.4. The van der Waals surface area contributed by atoms with Gasteiger partial charge in [-0.3, -0.25) is 38.4 Å². The second-order valence-electron chi connectivity index (χ2n) is 19.3. The van der Waals surface area contributed by atoms with Gasteiger partial charge in [0.1, 0.15) is 23.1 Å². The zero-order valence-corrected chi connectivity index (χ0v) is 47.7. The third kappa shape index (κ3) is 75.2. The number of amides is 4. The van der Waals surface area contributed by atoms with Crippen molar-refractivity contribution in [3.63, 3.8) is 0 Å². The monoisotopic (exact) mass is 1100 g/mol. The number of quaternary nitrogens is 2. The number of nitrogens with one attached hydrogen (secondary N) is 4. The number of nitrogens with two attached hydrogens (primary N) is 1. The van der Waals surface area contributed by atoms with Gasteiger partial charge in [0, 0.05) is 116 Å². The number of carboxylic acid groups (broad SMARTS) is 3. The molecule has 1 aliphatic rings. The van der Waals surface area contributed by atoms with Gasteiger partial charge in [-0.2, -0.15) is 0 Å². The molecule has 1 aliphatic heterocycles. The molecule has 0 aromatic rings. The van der Waals surface area contributed by atoms with E-state index < -0.39 is 17.9 Å². The number of ketones is 4. The van der Waals surface area contributed by atoms with Gasteiger partial charge in [-0.05, 0) is 129 Å². The fraction of sp³-hybridized carbons (Fsp3) is 0.804. The Hall–Kier alpha value is -5.15. The van der Waals surface area contributed by atoms with Crippen molar-refractivity contribution < 1.29 is 81.0 Å². The van der Waals surface area contributed by atoms with E-state index in [4.69, 9.17) is 10.8 Å². The van der Waals surface area contributed by atoms with Gasteiger partial charge in [0.2, 0.25) is 23.6 Å². The Kier molecular flexibility index (Phi) is 62.8. The van der Waals surface area contributed by atoms with Crippen molar-refractivity contribution in [3.05, 3.63) is 0 Å². The van der Waals surface area contributed by atoms with E-state index in [0.717, 1.165) is 142 Å². The Bertz CT molecular complexity index is 1540. The zero-order valence-electron chi connectivity index (χ0n) is 47.7. The van der Waals surface area contributed by atoms with Crippen LogP contribution in [0.15, 0.2) is 0 Å². The summed E-state index contributed by atoms with van der Waals surface area (Å²) in [5.74, 6) is -1.73. The molecule has 450 valence electrons. The van der Waals surface area contributed by atoms with E-state index in [0.29, 0.717) is 115 Å². The van der Waals surface area contributed by atoms with Crippen molar-refractivity contribution in [2.45, 2.75) is 245 Å². The summed E-state index contributed by atoms with van der Waals surface area (Å²) in [4.78, 5) is 121. The first kappa shape index (κ1) is 78.3. The number of hydrogen-bond donors (Lipinski definition) is 8. The molecule has 1 heterocycles. The van der Waals surface area contributed by atoms with Crippen LogP contribution in [0, 0.1) is 0 Å². The highest BCUT2D eigenvalue weighted by Gasteiger charge is 2.09. The zero-order chi connectivity index (χ0) is 58.6. The minimum Gasteiger partial charge on any atom is -0.550 e. The molecule has 0 bridgehead atoms. The van der Waals surface area contributed by atoms with Crippen molar-refractivity contribution in [2.75, 3.05) is 45.8 Å². The van der Waals surface area contributed by atoms with Crippen LogP contribution >= 0.6 is 0 Å². The summed E-state index contributed by atoms with van der Waals surface area (Å²) >= 11 is 0. The fourth-order valence-corrected chi connectivity index (χ4v) is 7.02. The molecule has 21 heteroatoms. The van der Waals surface area contributed by atoms with Crippen molar-refractivity contribution in [1.29, 1.82) is 0 Å². The number of hydrogen-bond acceptors (Lipinski definition) is 14. The fourth-order valence-electron chi connectivity index (χ4n) is 7.02. The molecular weight excluding hydrogens is 995 g/mol. The standard InChI is InChI=1S/C27H48N2O5.C11H23N3O2.C6H13NO2.C6H11NO.C6H10O4.H2/c1-3-4-21-28-26(33)19-12-10-17-25(32)18-13-22-29-27(34)20-11-9-16-24(31)15-8-6-5-7-14-23(2)30;12-7-3-5-10(15)4-1-2-6-11(16)14-9-8-13;7-5-3-1-2-4-6(8)9;8-6-4-2-1-3-5-7-6;7-5(8)3-1-2-4-6(9)10;/h3-22H2,1-2H3,(H,28,33)(H,29,34);1-9,12-13H2,(H,14,16);1-5,7H2,(H,8,9);1-5H2,(H,7,8);1-4H2,(H,7,8)(H,9,10);1H/i;;;;;1+1. The van der Waals surface area contributed by atoms with Crippen molar-refractivity contribution in [2.24, 2.45) is 5.73 Å². The molecule has 1 saturated heterocycles. The Morgan fingerprint density at radius 2 is 0.883 bits per heavy atom. The number of carboxylic acids is 3. The van der Waals surface area contributed by atoms with E-state index in [2.05, 4.69) is 39.7 Å². The molecule has 0 unspecified atom stereocenters. The number of Topliss-reactive ketones (excluding diaryl/α,β-unsaturated/α-hetero) is 4. The maximum absolute atomic E-state index is 11.9. The van der Waals surface area contributed by atoms with Crippen LogP contribution in [0.3, 0.4) is 0 Å². The molecular formula is C56H107N7O14. The first-order chi connectivity index (χ1) is 36.8. The molecule has 0 spiro atoms. The third-order valence-corrected chi connectivity index (χ3v) is 11.6. The maximum atomic E-state index is 11.9. The largest absolute Gasteiger partial charge is 0.550 e. The summed E-state index contributed by atoms with van der Waals surface area (Å²) in [6, 6.07) is 0. The molecule has 13 N–H and O–H groups in total. The number of carbonyl (C=O) groups excluding carboxylic acids is 10. The number of rotatable bonds is 44. The molecule has 0 aromatic heterocycles. The van der Waals surface area contributed by atoms with Crippen molar-refractivity contribution in [3.8, 4) is 0 Å².